The second-order valence-electron chi connectivity index (χ2n) is 7.81. The van der Waals surface area contributed by atoms with Crippen LogP contribution in [-0.4, -0.2) is 56.0 Å². The van der Waals surface area contributed by atoms with Crippen molar-refractivity contribution in [1.82, 2.24) is 19.6 Å². The SMILES string of the molecule is CNc1nc(C)nc2c([C@H]3C[C@@H](CC(=O)OC(C)(C)C)[C@@H](CO)O3)cnn12. The summed E-state index contributed by atoms with van der Waals surface area (Å²) in [6, 6.07) is 0. The first-order chi connectivity index (χ1) is 12.7. The maximum absolute atomic E-state index is 12.2. The van der Waals surface area contributed by atoms with Gasteiger partial charge in [0.05, 0.1) is 31.4 Å². The van der Waals surface area contributed by atoms with Crippen molar-refractivity contribution in [2.45, 2.75) is 58.3 Å². The molecule has 0 bridgehead atoms. The number of carbonyl (C=O) groups is 1. The fraction of sp³-hybridized carbons (Fsp3) is 0.667. The number of hydrogen-bond donors (Lipinski definition) is 2. The summed E-state index contributed by atoms with van der Waals surface area (Å²) < 4.78 is 13.1. The number of ether oxygens (including phenoxy) is 2. The van der Waals surface area contributed by atoms with E-state index in [4.69, 9.17) is 9.47 Å². The normalized spacial score (nSPS) is 23.0. The summed E-state index contributed by atoms with van der Waals surface area (Å²) >= 11 is 0. The predicted molar refractivity (Wildman–Crippen MR) is 98.3 cm³/mol. The van der Waals surface area contributed by atoms with Crippen molar-refractivity contribution in [2.75, 3.05) is 19.0 Å². The van der Waals surface area contributed by atoms with Crippen LogP contribution in [-0.2, 0) is 14.3 Å². The molecule has 1 aliphatic rings. The number of hydrogen-bond acceptors (Lipinski definition) is 8. The van der Waals surface area contributed by atoms with Crippen LogP contribution in [0.4, 0.5) is 5.95 Å². The third-order valence-electron chi connectivity index (χ3n) is 4.49. The van der Waals surface area contributed by atoms with Gasteiger partial charge in [-0.1, -0.05) is 0 Å². The van der Waals surface area contributed by atoms with Crippen molar-refractivity contribution >= 4 is 17.6 Å². The van der Waals surface area contributed by atoms with Crippen LogP contribution in [0.1, 0.15) is 51.1 Å². The lowest BCUT2D eigenvalue weighted by molar-refractivity contribution is -0.156. The molecule has 0 unspecified atom stereocenters. The second kappa shape index (κ2) is 7.40. The largest absolute Gasteiger partial charge is 0.460 e. The molecule has 0 saturated carbocycles. The molecule has 148 valence electrons. The second-order valence-corrected chi connectivity index (χ2v) is 7.81. The van der Waals surface area contributed by atoms with Gasteiger partial charge in [-0.05, 0) is 34.1 Å². The average Bonchev–Trinajstić information content (AvgIpc) is 3.15. The van der Waals surface area contributed by atoms with E-state index in [-0.39, 0.29) is 31.0 Å². The molecule has 0 aliphatic carbocycles. The van der Waals surface area contributed by atoms with Gasteiger partial charge in [0.25, 0.3) is 0 Å². The number of rotatable bonds is 5. The van der Waals surface area contributed by atoms with E-state index in [9.17, 15) is 9.90 Å². The molecule has 1 aliphatic heterocycles. The number of fused-ring (bicyclic) bond motifs is 1. The zero-order valence-corrected chi connectivity index (χ0v) is 16.4. The lowest BCUT2D eigenvalue weighted by Gasteiger charge is -2.21. The van der Waals surface area contributed by atoms with Crippen molar-refractivity contribution in [3.63, 3.8) is 0 Å². The monoisotopic (exact) mass is 377 g/mol. The molecule has 9 nitrogen and oxygen atoms in total. The molecule has 3 atom stereocenters. The molecule has 0 radical (unpaired) electrons. The minimum atomic E-state index is -0.537. The highest BCUT2D eigenvalue weighted by Crippen LogP contribution is 2.40. The van der Waals surface area contributed by atoms with Gasteiger partial charge in [0, 0.05) is 18.5 Å². The fourth-order valence-electron chi connectivity index (χ4n) is 3.40. The van der Waals surface area contributed by atoms with Gasteiger partial charge in [0.15, 0.2) is 5.65 Å². The minimum absolute atomic E-state index is 0.128. The van der Waals surface area contributed by atoms with Crippen molar-refractivity contribution in [1.29, 1.82) is 0 Å². The Morgan fingerprint density at radius 1 is 1.44 bits per heavy atom. The molecule has 27 heavy (non-hydrogen) atoms. The van der Waals surface area contributed by atoms with Crippen LogP contribution < -0.4 is 5.32 Å². The van der Waals surface area contributed by atoms with Crippen LogP contribution >= 0.6 is 0 Å². The van der Waals surface area contributed by atoms with Gasteiger partial charge in [-0.2, -0.15) is 14.6 Å². The summed E-state index contributed by atoms with van der Waals surface area (Å²) in [4.78, 5) is 21.0. The van der Waals surface area contributed by atoms with E-state index in [1.807, 2.05) is 27.7 Å². The Balaban J connectivity index is 1.82. The number of aliphatic hydroxyl groups excluding tert-OH is 1. The molecule has 2 aromatic heterocycles. The number of carbonyl (C=O) groups excluding carboxylic acids is 1. The van der Waals surface area contributed by atoms with Gasteiger partial charge in [-0.25, -0.2) is 4.98 Å². The Bertz CT molecular complexity index is 829. The van der Waals surface area contributed by atoms with Crippen LogP contribution in [0.5, 0.6) is 0 Å². The van der Waals surface area contributed by atoms with Crippen molar-refractivity contribution in [2.24, 2.45) is 5.92 Å². The number of aromatic nitrogens is 4. The number of nitrogens with one attached hydrogen (secondary N) is 1. The summed E-state index contributed by atoms with van der Waals surface area (Å²) in [6.07, 6.45) is 1.77. The Hall–Kier alpha value is -2.26. The van der Waals surface area contributed by atoms with Gasteiger partial charge >= 0.3 is 5.97 Å². The first kappa shape index (κ1) is 19.5. The fourth-order valence-corrected chi connectivity index (χ4v) is 3.40. The molecule has 1 fully saturated rings. The summed E-state index contributed by atoms with van der Waals surface area (Å²) in [7, 11) is 1.77. The standard InChI is InChI=1S/C18H27N5O4/c1-10-21-16-12(8-20-23(16)17(19-5)22-10)13-6-11(14(9-24)26-13)7-15(25)27-18(2,3)4/h8,11,13-14,24H,6-7,9H2,1-5H3,(H,19,21,22)/t11-,13+,14+/m0/s1. The molecule has 0 amide bonds. The number of nitrogens with zero attached hydrogens (tertiary/aromatic N) is 4. The molecule has 2 aromatic rings. The zero-order chi connectivity index (χ0) is 19.8. The van der Waals surface area contributed by atoms with Crippen molar-refractivity contribution in [3.05, 3.63) is 17.6 Å². The average molecular weight is 377 g/mol. The van der Waals surface area contributed by atoms with Gasteiger partial charge in [-0.3, -0.25) is 4.79 Å². The molecular formula is C18H27N5O4. The predicted octanol–water partition coefficient (Wildman–Crippen LogP) is 1.64. The van der Waals surface area contributed by atoms with Crippen LogP contribution in [0.2, 0.25) is 0 Å². The van der Waals surface area contributed by atoms with Gasteiger partial charge in [-0.15, -0.1) is 0 Å². The maximum atomic E-state index is 12.2. The quantitative estimate of drug-likeness (QED) is 0.757. The highest BCUT2D eigenvalue weighted by molar-refractivity contribution is 5.70. The van der Waals surface area contributed by atoms with E-state index in [1.54, 1.807) is 17.8 Å². The van der Waals surface area contributed by atoms with Crippen molar-refractivity contribution < 1.29 is 19.4 Å². The van der Waals surface area contributed by atoms with Crippen LogP contribution in [0.15, 0.2) is 6.20 Å². The number of aryl methyl sites for hydroxylation is 1. The van der Waals surface area contributed by atoms with E-state index in [2.05, 4.69) is 20.4 Å². The van der Waals surface area contributed by atoms with E-state index in [0.717, 1.165) is 5.56 Å². The minimum Gasteiger partial charge on any atom is -0.460 e. The summed E-state index contributed by atoms with van der Waals surface area (Å²) in [6.45, 7) is 7.17. The van der Waals surface area contributed by atoms with Crippen LogP contribution in [0, 0.1) is 12.8 Å². The smallest absolute Gasteiger partial charge is 0.306 e. The number of anilines is 1. The Morgan fingerprint density at radius 2 is 2.19 bits per heavy atom. The molecule has 0 spiro atoms. The molecule has 1 saturated heterocycles. The van der Waals surface area contributed by atoms with Gasteiger partial charge < -0.3 is 19.9 Å². The highest BCUT2D eigenvalue weighted by Gasteiger charge is 2.39. The van der Waals surface area contributed by atoms with Crippen LogP contribution in [0.3, 0.4) is 0 Å². The van der Waals surface area contributed by atoms with E-state index in [0.29, 0.717) is 23.8 Å². The first-order valence-electron chi connectivity index (χ1n) is 9.10. The third-order valence-corrected chi connectivity index (χ3v) is 4.49. The number of aliphatic hydroxyl groups is 1. The lowest BCUT2D eigenvalue weighted by atomic mass is 9.94. The lowest BCUT2D eigenvalue weighted by Crippen LogP contribution is -2.28. The Kier molecular flexibility index (Phi) is 5.34. The molecular weight excluding hydrogens is 350 g/mol. The zero-order valence-electron chi connectivity index (χ0n) is 16.4. The number of esters is 1. The van der Waals surface area contributed by atoms with Crippen LogP contribution in [0.25, 0.3) is 5.65 Å². The molecule has 2 N–H and O–H groups in total. The third kappa shape index (κ3) is 4.19. The summed E-state index contributed by atoms with van der Waals surface area (Å²) in [5.74, 6) is 0.795. The van der Waals surface area contributed by atoms with E-state index < -0.39 is 11.7 Å². The highest BCUT2D eigenvalue weighted by atomic mass is 16.6. The summed E-state index contributed by atoms with van der Waals surface area (Å²) in [5, 5.41) is 17.1. The maximum Gasteiger partial charge on any atom is 0.306 e. The Morgan fingerprint density at radius 3 is 2.81 bits per heavy atom. The van der Waals surface area contributed by atoms with E-state index in [1.165, 1.54) is 0 Å². The van der Waals surface area contributed by atoms with Gasteiger partial charge in [0.1, 0.15) is 11.4 Å². The Labute approximate surface area is 158 Å². The topological polar surface area (TPSA) is 111 Å². The molecule has 0 aromatic carbocycles. The van der Waals surface area contributed by atoms with Crippen molar-refractivity contribution in [3.8, 4) is 0 Å². The molecule has 3 rings (SSSR count). The van der Waals surface area contributed by atoms with E-state index >= 15 is 0 Å². The summed E-state index contributed by atoms with van der Waals surface area (Å²) in [5.41, 5.74) is 0.944. The molecule has 9 heteroatoms. The molecule has 3 heterocycles. The first-order valence-corrected chi connectivity index (χ1v) is 9.10. The van der Waals surface area contributed by atoms with Gasteiger partial charge in [0.2, 0.25) is 5.95 Å².